The average molecular weight is 350 g/mol. The van der Waals surface area contributed by atoms with Crippen molar-refractivity contribution in [2.75, 3.05) is 0 Å². The van der Waals surface area contributed by atoms with Crippen molar-refractivity contribution in [1.29, 1.82) is 0 Å². The second-order valence-electron chi connectivity index (χ2n) is 6.39. The smallest absolute Gasteiger partial charge is 0.261 e. The monoisotopic (exact) mass is 350 g/mol. The number of amides is 1. The minimum atomic E-state index is -0.0933. The third-order valence-corrected chi connectivity index (χ3v) is 4.42. The second-order valence-corrected chi connectivity index (χ2v) is 6.39. The molecular formula is C20H22N4O2. The van der Waals surface area contributed by atoms with E-state index in [1.54, 1.807) is 29.4 Å². The van der Waals surface area contributed by atoms with Gasteiger partial charge in [-0.2, -0.15) is 0 Å². The van der Waals surface area contributed by atoms with Gasteiger partial charge in [0.15, 0.2) is 0 Å². The number of fused-ring (bicyclic) bond motifs is 1. The summed E-state index contributed by atoms with van der Waals surface area (Å²) in [6, 6.07) is 9.27. The third-order valence-electron chi connectivity index (χ3n) is 4.42. The lowest BCUT2D eigenvalue weighted by Gasteiger charge is -2.14. The minimum Gasteiger partial charge on any atom is -0.350 e. The van der Waals surface area contributed by atoms with E-state index in [1.165, 1.54) is 0 Å². The zero-order valence-corrected chi connectivity index (χ0v) is 15.0. The molecule has 1 aromatic carbocycles. The molecule has 1 atom stereocenters. The molecule has 6 nitrogen and oxygen atoms in total. The van der Waals surface area contributed by atoms with Gasteiger partial charge in [-0.15, -0.1) is 0 Å². The first-order valence-corrected chi connectivity index (χ1v) is 8.70. The standard InChI is InChI=1S/C20H22N4O2/c1-14-6-3-8-17-19(14)22-13-24(20(17)26)11-5-9-18(25)23-15(2)16-7-4-10-21-12-16/h3-4,6-8,10,12-13,15H,5,9,11H2,1-2H3,(H,23,25). The minimum absolute atomic E-state index is 0.0426. The van der Waals surface area contributed by atoms with E-state index in [-0.39, 0.29) is 17.5 Å². The summed E-state index contributed by atoms with van der Waals surface area (Å²) in [6.45, 7) is 4.33. The molecule has 0 saturated heterocycles. The van der Waals surface area contributed by atoms with E-state index in [4.69, 9.17) is 0 Å². The Morgan fingerprint density at radius 1 is 1.27 bits per heavy atom. The number of rotatable bonds is 6. The van der Waals surface area contributed by atoms with Crippen LogP contribution in [0.3, 0.4) is 0 Å². The maximum Gasteiger partial charge on any atom is 0.261 e. The molecule has 1 N–H and O–H groups in total. The number of carbonyl (C=O) groups excluding carboxylic acids is 1. The fourth-order valence-corrected chi connectivity index (χ4v) is 2.94. The van der Waals surface area contributed by atoms with Gasteiger partial charge in [0, 0.05) is 25.4 Å². The molecule has 2 heterocycles. The predicted molar refractivity (Wildman–Crippen MR) is 101 cm³/mol. The molecule has 0 aliphatic carbocycles. The van der Waals surface area contributed by atoms with E-state index in [0.29, 0.717) is 24.8 Å². The van der Waals surface area contributed by atoms with Crippen LogP contribution in [-0.4, -0.2) is 20.4 Å². The van der Waals surface area contributed by atoms with Gasteiger partial charge >= 0.3 is 0 Å². The van der Waals surface area contributed by atoms with Gasteiger partial charge < -0.3 is 5.32 Å². The molecule has 134 valence electrons. The third kappa shape index (κ3) is 3.96. The van der Waals surface area contributed by atoms with E-state index in [9.17, 15) is 9.59 Å². The lowest BCUT2D eigenvalue weighted by atomic mass is 10.1. The van der Waals surface area contributed by atoms with Gasteiger partial charge in [-0.1, -0.05) is 18.2 Å². The molecule has 0 spiro atoms. The second kappa shape index (κ2) is 7.91. The zero-order valence-electron chi connectivity index (χ0n) is 15.0. The molecule has 1 unspecified atom stereocenters. The van der Waals surface area contributed by atoms with Gasteiger partial charge in [0.25, 0.3) is 5.56 Å². The first-order valence-electron chi connectivity index (χ1n) is 8.70. The number of pyridine rings is 1. The molecule has 0 radical (unpaired) electrons. The molecule has 3 aromatic rings. The highest BCUT2D eigenvalue weighted by atomic mass is 16.1. The molecule has 0 fully saturated rings. The van der Waals surface area contributed by atoms with Crippen LogP contribution >= 0.6 is 0 Å². The van der Waals surface area contributed by atoms with E-state index in [2.05, 4.69) is 15.3 Å². The number of nitrogens with zero attached hydrogens (tertiary/aromatic N) is 3. The molecule has 6 heteroatoms. The van der Waals surface area contributed by atoms with Crippen molar-refractivity contribution in [3.63, 3.8) is 0 Å². The predicted octanol–water partition coefficient (Wildman–Crippen LogP) is 2.76. The van der Waals surface area contributed by atoms with Crippen molar-refractivity contribution in [2.45, 2.75) is 39.3 Å². The molecule has 1 amide bonds. The first kappa shape index (κ1) is 17.8. The number of nitrogens with one attached hydrogen (secondary N) is 1. The van der Waals surface area contributed by atoms with Crippen molar-refractivity contribution in [2.24, 2.45) is 0 Å². The molecule has 0 saturated carbocycles. The Labute approximate surface area is 151 Å². The summed E-state index contributed by atoms with van der Waals surface area (Å²) in [6.07, 6.45) is 5.93. The van der Waals surface area contributed by atoms with Gasteiger partial charge in [0.2, 0.25) is 5.91 Å². The van der Waals surface area contributed by atoms with Crippen LogP contribution in [0.4, 0.5) is 0 Å². The molecule has 0 bridgehead atoms. The number of aromatic nitrogens is 3. The van der Waals surface area contributed by atoms with Crippen molar-refractivity contribution < 1.29 is 4.79 Å². The average Bonchev–Trinajstić information content (AvgIpc) is 2.65. The fraction of sp³-hybridized carbons (Fsp3) is 0.300. The Morgan fingerprint density at radius 2 is 2.12 bits per heavy atom. The molecular weight excluding hydrogens is 328 g/mol. The number of para-hydroxylation sites is 1. The van der Waals surface area contributed by atoms with Crippen molar-refractivity contribution in [1.82, 2.24) is 19.9 Å². The highest BCUT2D eigenvalue weighted by Crippen LogP contribution is 2.12. The summed E-state index contributed by atoms with van der Waals surface area (Å²) in [4.78, 5) is 33.1. The van der Waals surface area contributed by atoms with Crippen LogP contribution in [0.25, 0.3) is 10.9 Å². The Morgan fingerprint density at radius 3 is 2.88 bits per heavy atom. The van der Waals surface area contributed by atoms with Crippen LogP contribution in [0, 0.1) is 6.92 Å². The van der Waals surface area contributed by atoms with Crippen molar-refractivity contribution in [3.8, 4) is 0 Å². The zero-order chi connectivity index (χ0) is 18.5. The molecule has 2 aromatic heterocycles. The topological polar surface area (TPSA) is 76.9 Å². The Hall–Kier alpha value is -3.02. The Bertz CT molecular complexity index is 966. The number of benzene rings is 1. The number of aryl methyl sites for hydroxylation is 2. The maximum atomic E-state index is 12.5. The largest absolute Gasteiger partial charge is 0.350 e. The van der Waals surface area contributed by atoms with Crippen LogP contribution in [0.5, 0.6) is 0 Å². The van der Waals surface area contributed by atoms with Gasteiger partial charge in [0.05, 0.1) is 23.3 Å². The van der Waals surface area contributed by atoms with Gasteiger partial charge in [-0.05, 0) is 43.5 Å². The molecule has 0 aliphatic heterocycles. The number of hydrogen-bond donors (Lipinski definition) is 1. The summed E-state index contributed by atoms with van der Waals surface area (Å²) >= 11 is 0. The van der Waals surface area contributed by atoms with Gasteiger partial charge in [-0.25, -0.2) is 4.98 Å². The Balaban J connectivity index is 1.58. The van der Waals surface area contributed by atoms with Crippen LogP contribution in [0.1, 0.15) is 36.9 Å². The molecule has 0 aliphatic rings. The van der Waals surface area contributed by atoms with E-state index in [0.717, 1.165) is 16.6 Å². The van der Waals surface area contributed by atoms with Gasteiger partial charge in [-0.3, -0.25) is 19.1 Å². The van der Waals surface area contributed by atoms with Crippen molar-refractivity contribution >= 4 is 16.8 Å². The normalized spacial score (nSPS) is 12.1. The van der Waals surface area contributed by atoms with Crippen LogP contribution in [0.2, 0.25) is 0 Å². The van der Waals surface area contributed by atoms with Crippen molar-refractivity contribution in [3.05, 3.63) is 70.5 Å². The molecule has 3 rings (SSSR count). The number of carbonyl (C=O) groups is 1. The van der Waals surface area contributed by atoms with E-state index < -0.39 is 0 Å². The SMILES string of the molecule is Cc1cccc2c(=O)n(CCCC(=O)NC(C)c3cccnc3)cnc12. The highest BCUT2D eigenvalue weighted by Gasteiger charge is 2.10. The maximum absolute atomic E-state index is 12.5. The summed E-state index contributed by atoms with van der Waals surface area (Å²) in [5.74, 6) is -0.0426. The highest BCUT2D eigenvalue weighted by molar-refractivity contribution is 5.80. The molecule has 26 heavy (non-hydrogen) atoms. The fourth-order valence-electron chi connectivity index (χ4n) is 2.94. The van der Waals surface area contributed by atoms with E-state index in [1.807, 2.05) is 38.1 Å². The summed E-state index contributed by atoms with van der Waals surface area (Å²) in [5, 5.41) is 3.57. The van der Waals surface area contributed by atoms with Gasteiger partial charge in [0.1, 0.15) is 0 Å². The van der Waals surface area contributed by atoms with Crippen LogP contribution in [0.15, 0.2) is 53.8 Å². The summed E-state index contributed by atoms with van der Waals surface area (Å²) < 4.78 is 1.57. The van der Waals surface area contributed by atoms with E-state index >= 15 is 0 Å². The Kier molecular flexibility index (Phi) is 5.41. The summed E-state index contributed by atoms with van der Waals surface area (Å²) in [7, 11) is 0. The van der Waals surface area contributed by atoms with Crippen LogP contribution in [-0.2, 0) is 11.3 Å². The lowest BCUT2D eigenvalue weighted by Crippen LogP contribution is -2.27. The number of hydrogen-bond acceptors (Lipinski definition) is 4. The quantitative estimate of drug-likeness (QED) is 0.741. The van der Waals surface area contributed by atoms with Crippen LogP contribution < -0.4 is 10.9 Å². The lowest BCUT2D eigenvalue weighted by molar-refractivity contribution is -0.121. The first-order chi connectivity index (χ1) is 12.6. The summed E-state index contributed by atoms with van der Waals surface area (Å²) in [5.41, 5.74) is 2.61.